The van der Waals surface area contributed by atoms with Crippen molar-refractivity contribution in [1.82, 2.24) is 19.8 Å². The number of amides is 2. The third-order valence-corrected chi connectivity index (χ3v) is 4.44. The van der Waals surface area contributed by atoms with Crippen LogP contribution in [0.1, 0.15) is 36.5 Å². The molecule has 6 heteroatoms. The van der Waals surface area contributed by atoms with E-state index in [1.165, 1.54) is 0 Å². The first-order valence-electron chi connectivity index (χ1n) is 8.50. The second-order valence-corrected chi connectivity index (χ2v) is 6.68. The van der Waals surface area contributed by atoms with Gasteiger partial charge in [-0.15, -0.1) is 0 Å². The summed E-state index contributed by atoms with van der Waals surface area (Å²) in [7, 11) is 0. The van der Waals surface area contributed by atoms with Gasteiger partial charge in [0.15, 0.2) is 0 Å². The van der Waals surface area contributed by atoms with Crippen molar-refractivity contribution in [2.75, 3.05) is 26.2 Å². The van der Waals surface area contributed by atoms with Gasteiger partial charge in [0.05, 0.1) is 11.0 Å². The third kappa shape index (κ3) is 3.27. The van der Waals surface area contributed by atoms with Crippen LogP contribution in [0.5, 0.6) is 0 Å². The van der Waals surface area contributed by atoms with Crippen molar-refractivity contribution in [1.29, 1.82) is 0 Å². The fraction of sp³-hybridized carbons (Fsp3) is 0.500. The highest BCUT2D eigenvalue weighted by Crippen LogP contribution is 2.16. The molecule has 0 bridgehead atoms. The van der Waals surface area contributed by atoms with Crippen molar-refractivity contribution in [3.8, 4) is 0 Å². The highest BCUT2D eigenvalue weighted by atomic mass is 16.2. The van der Waals surface area contributed by atoms with E-state index in [0.29, 0.717) is 25.2 Å². The number of carbonyl (C=O) groups is 2. The van der Waals surface area contributed by atoms with E-state index < -0.39 is 0 Å². The quantitative estimate of drug-likeness (QED) is 0.919. The second kappa shape index (κ2) is 6.63. The van der Waals surface area contributed by atoms with E-state index in [2.05, 4.69) is 9.97 Å². The molecule has 0 unspecified atom stereocenters. The van der Waals surface area contributed by atoms with Gasteiger partial charge in [-0.05, 0) is 31.5 Å². The maximum atomic E-state index is 12.8. The lowest BCUT2D eigenvalue weighted by Crippen LogP contribution is -2.38. The number of benzene rings is 1. The number of H-pyrrole nitrogens is 1. The Kier molecular flexibility index (Phi) is 4.55. The lowest BCUT2D eigenvalue weighted by molar-refractivity contribution is -0.134. The smallest absolute Gasteiger partial charge is 0.253 e. The molecular weight excluding hydrogens is 304 g/mol. The molecule has 1 aromatic heterocycles. The van der Waals surface area contributed by atoms with Gasteiger partial charge in [-0.3, -0.25) is 9.59 Å². The molecule has 6 nitrogen and oxygen atoms in total. The van der Waals surface area contributed by atoms with Crippen molar-refractivity contribution >= 4 is 22.8 Å². The summed E-state index contributed by atoms with van der Waals surface area (Å²) in [6.45, 7) is 8.32. The zero-order valence-corrected chi connectivity index (χ0v) is 14.5. The lowest BCUT2D eigenvalue weighted by atomic mass is 10.1. The lowest BCUT2D eigenvalue weighted by Gasteiger charge is -2.23. The van der Waals surface area contributed by atoms with Gasteiger partial charge in [-0.25, -0.2) is 4.98 Å². The molecule has 2 aromatic rings. The first-order valence-corrected chi connectivity index (χ1v) is 8.50. The van der Waals surface area contributed by atoms with E-state index in [0.717, 1.165) is 29.8 Å². The SMILES string of the molecule is Cc1nc2ccc(C(=O)N3CCCN(C(=O)C(C)C)CC3)cc2[nH]1. The van der Waals surface area contributed by atoms with E-state index in [9.17, 15) is 9.59 Å². The van der Waals surface area contributed by atoms with E-state index in [1.54, 1.807) is 0 Å². The summed E-state index contributed by atoms with van der Waals surface area (Å²) in [5, 5.41) is 0. The van der Waals surface area contributed by atoms with Crippen LogP contribution >= 0.6 is 0 Å². The molecule has 1 aliphatic rings. The number of aryl methyl sites for hydroxylation is 1. The van der Waals surface area contributed by atoms with Crippen LogP contribution in [0.3, 0.4) is 0 Å². The van der Waals surface area contributed by atoms with Crippen LogP contribution in [0, 0.1) is 12.8 Å². The Balaban J connectivity index is 1.73. The van der Waals surface area contributed by atoms with E-state index >= 15 is 0 Å². The number of nitrogens with zero attached hydrogens (tertiary/aromatic N) is 3. The number of hydrogen-bond donors (Lipinski definition) is 1. The summed E-state index contributed by atoms with van der Waals surface area (Å²) < 4.78 is 0. The molecular formula is C18H24N4O2. The molecule has 1 fully saturated rings. The maximum Gasteiger partial charge on any atom is 0.253 e. The van der Waals surface area contributed by atoms with E-state index in [1.807, 2.05) is 48.8 Å². The average molecular weight is 328 g/mol. The molecule has 1 saturated heterocycles. The average Bonchev–Trinajstić information content (AvgIpc) is 2.77. The Morgan fingerprint density at radius 2 is 1.83 bits per heavy atom. The minimum atomic E-state index is -0.00160. The summed E-state index contributed by atoms with van der Waals surface area (Å²) in [5.74, 6) is 1.02. The molecule has 0 spiro atoms. The third-order valence-electron chi connectivity index (χ3n) is 4.44. The molecule has 2 heterocycles. The molecule has 0 aliphatic carbocycles. The maximum absolute atomic E-state index is 12.8. The zero-order valence-electron chi connectivity index (χ0n) is 14.5. The monoisotopic (exact) mass is 328 g/mol. The number of aromatic nitrogens is 2. The van der Waals surface area contributed by atoms with Gasteiger partial charge in [0.25, 0.3) is 5.91 Å². The summed E-state index contributed by atoms with van der Waals surface area (Å²) in [5.41, 5.74) is 2.41. The predicted octanol–water partition coefficient (Wildman–Crippen LogP) is 2.20. The number of hydrogen-bond acceptors (Lipinski definition) is 3. The zero-order chi connectivity index (χ0) is 17.3. The summed E-state index contributed by atoms with van der Waals surface area (Å²) in [6.07, 6.45) is 0.815. The van der Waals surface area contributed by atoms with Crippen LogP contribution in [0.4, 0.5) is 0 Å². The molecule has 24 heavy (non-hydrogen) atoms. The largest absolute Gasteiger partial charge is 0.342 e. The predicted molar refractivity (Wildman–Crippen MR) is 92.8 cm³/mol. The van der Waals surface area contributed by atoms with Gasteiger partial charge >= 0.3 is 0 Å². The van der Waals surface area contributed by atoms with Gasteiger partial charge in [-0.1, -0.05) is 13.8 Å². The van der Waals surface area contributed by atoms with Crippen LogP contribution < -0.4 is 0 Å². The Hall–Kier alpha value is -2.37. The molecule has 1 N–H and O–H groups in total. The van der Waals surface area contributed by atoms with Crippen molar-refractivity contribution in [2.45, 2.75) is 27.2 Å². The molecule has 128 valence electrons. The standard InChI is InChI=1S/C18H24N4O2/c1-12(2)17(23)21-7-4-8-22(10-9-21)18(24)14-5-6-15-16(11-14)20-13(3)19-15/h5-6,11-12H,4,7-10H2,1-3H3,(H,19,20). The van der Waals surface area contributed by atoms with Crippen molar-refractivity contribution in [3.63, 3.8) is 0 Å². The van der Waals surface area contributed by atoms with Crippen LogP contribution in [0.2, 0.25) is 0 Å². The van der Waals surface area contributed by atoms with E-state index in [4.69, 9.17) is 0 Å². The number of carbonyl (C=O) groups excluding carboxylic acids is 2. The Morgan fingerprint density at radius 3 is 2.58 bits per heavy atom. The van der Waals surface area contributed by atoms with Gasteiger partial charge in [0.2, 0.25) is 5.91 Å². The van der Waals surface area contributed by atoms with Crippen LogP contribution in [0.15, 0.2) is 18.2 Å². The second-order valence-electron chi connectivity index (χ2n) is 6.68. The molecule has 0 radical (unpaired) electrons. The van der Waals surface area contributed by atoms with Gasteiger partial charge < -0.3 is 14.8 Å². The fourth-order valence-corrected chi connectivity index (χ4v) is 3.16. The molecule has 2 amide bonds. The molecule has 1 aromatic carbocycles. The summed E-state index contributed by atoms with van der Waals surface area (Å²) in [6, 6.07) is 5.56. The number of rotatable bonds is 2. The highest BCUT2D eigenvalue weighted by molar-refractivity contribution is 5.97. The highest BCUT2D eigenvalue weighted by Gasteiger charge is 2.24. The Morgan fingerprint density at radius 1 is 1.12 bits per heavy atom. The molecule has 3 rings (SSSR count). The van der Waals surface area contributed by atoms with Crippen molar-refractivity contribution < 1.29 is 9.59 Å². The molecule has 0 saturated carbocycles. The summed E-state index contributed by atoms with van der Waals surface area (Å²) >= 11 is 0. The van der Waals surface area contributed by atoms with Crippen LogP contribution in [-0.4, -0.2) is 57.8 Å². The number of fused-ring (bicyclic) bond motifs is 1. The van der Waals surface area contributed by atoms with Crippen LogP contribution in [-0.2, 0) is 4.79 Å². The summed E-state index contributed by atoms with van der Waals surface area (Å²) in [4.78, 5) is 36.2. The first kappa shape index (κ1) is 16.5. The minimum absolute atomic E-state index is 0.00160. The minimum Gasteiger partial charge on any atom is -0.342 e. The van der Waals surface area contributed by atoms with Crippen LogP contribution in [0.25, 0.3) is 11.0 Å². The van der Waals surface area contributed by atoms with Gasteiger partial charge in [-0.2, -0.15) is 0 Å². The van der Waals surface area contributed by atoms with Crippen molar-refractivity contribution in [3.05, 3.63) is 29.6 Å². The Bertz CT molecular complexity index is 765. The number of nitrogens with one attached hydrogen (secondary N) is 1. The van der Waals surface area contributed by atoms with Gasteiger partial charge in [0.1, 0.15) is 5.82 Å². The molecule has 0 atom stereocenters. The normalized spacial score (nSPS) is 15.8. The first-order chi connectivity index (χ1) is 11.5. The Labute approximate surface area is 141 Å². The van der Waals surface area contributed by atoms with E-state index in [-0.39, 0.29) is 17.7 Å². The fourth-order valence-electron chi connectivity index (χ4n) is 3.16. The topological polar surface area (TPSA) is 69.3 Å². The van der Waals surface area contributed by atoms with Gasteiger partial charge in [0, 0.05) is 37.7 Å². The number of imidazole rings is 1. The van der Waals surface area contributed by atoms with Crippen molar-refractivity contribution in [2.24, 2.45) is 5.92 Å². The number of aromatic amines is 1. The molecule has 1 aliphatic heterocycles.